The highest BCUT2D eigenvalue weighted by Gasteiger charge is 2.38. The quantitative estimate of drug-likeness (QED) is 0.510. The van der Waals surface area contributed by atoms with Crippen molar-refractivity contribution in [1.82, 2.24) is 9.97 Å². The number of allylic oxidation sites excluding steroid dienone is 1. The summed E-state index contributed by atoms with van der Waals surface area (Å²) in [5, 5.41) is 15.6. The molecule has 1 amide bonds. The first-order chi connectivity index (χ1) is 15.7. The van der Waals surface area contributed by atoms with Gasteiger partial charge in [0.1, 0.15) is 11.3 Å². The molecule has 1 aliphatic rings. The number of aromatic nitrogens is 2. The molecule has 4 rings (SSSR count). The molecule has 2 aromatic heterocycles. The maximum Gasteiger partial charge on any atom is 0.416 e. The van der Waals surface area contributed by atoms with E-state index >= 15 is 0 Å². The van der Waals surface area contributed by atoms with E-state index in [1.807, 2.05) is 0 Å². The van der Waals surface area contributed by atoms with Crippen molar-refractivity contribution >= 4 is 34.3 Å². The van der Waals surface area contributed by atoms with Gasteiger partial charge < -0.3 is 10.4 Å². The number of aliphatic hydroxyl groups is 1. The van der Waals surface area contributed by atoms with Gasteiger partial charge in [-0.1, -0.05) is 25.1 Å². The molecule has 1 aliphatic heterocycles. The summed E-state index contributed by atoms with van der Waals surface area (Å²) in [4.78, 5) is 24.9. The molecule has 0 bridgehead atoms. The first-order valence-corrected chi connectivity index (χ1v) is 11.0. The van der Waals surface area contributed by atoms with Crippen molar-refractivity contribution in [3.63, 3.8) is 0 Å². The highest BCUT2D eigenvalue weighted by Crippen LogP contribution is 2.37. The molecule has 1 atom stereocenters. The summed E-state index contributed by atoms with van der Waals surface area (Å²) in [5.41, 5.74) is 1.40. The van der Waals surface area contributed by atoms with Gasteiger partial charge in [0.15, 0.2) is 0 Å². The van der Waals surface area contributed by atoms with E-state index in [0.29, 0.717) is 28.5 Å². The van der Waals surface area contributed by atoms with Crippen LogP contribution < -0.4 is 5.32 Å². The maximum absolute atomic E-state index is 13.2. The Kier molecular flexibility index (Phi) is 6.13. The second-order valence-electron chi connectivity index (χ2n) is 7.40. The van der Waals surface area contributed by atoms with Gasteiger partial charge in [-0.3, -0.25) is 14.8 Å². The van der Waals surface area contributed by atoms with Crippen LogP contribution in [-0.4, -0.2) is 26.7 Å². The van der Waals surface area contributed by atoms with Crippen LogP contribution in [-0.2, 0) is 11.8 Å². The largest absolute Gasteiger partial charge is 0.416 e. The number of halogens is 3. The minimum Gasteiger partial charge on any atom is -0.379 e. The molecule has 170 valence electrons. The molecular weight excluding hydrogens is 453 g/mol. The van der Waals surface area contributed by atoms with E-state index in [4.69, 9.17) is 0 Å². The van der Waals surface area contributed by atoms with E-state index in [-0.39, 0.29) is 24.3 Å². The number of benzene rings is 1. The lowest BCUT2D eigenvalue weighted by Crippen LogP contribution is -2.34. The Balaban J connectivity index is 1.54. The first kappa shape index (κ1) is 22.8. The molecule has 0 fully saturated rings. The van der Waals surface area contributed by atoms with Gasteiger partial charge >= 0.3 is 6.18 Å². The highest BCUT2D eigenvalue weighted by atomic mass is 32.1. The third kappa shape index (κ3) is 4.71. The molecule has 1 unspecified atom stereocenters. The summed E-state index contributed by atoms with van der Waals surface area (Å²) in [7, 11) is 0. The number of rotatable bonds is 6. The molecule has 1 aromatic carbocycles. The standard InChI is InChI=1S/C23H19F3N4O2S/c1-2-22(32,14-4-3-5-15(10-14)23(24,25)26)20-9-8-18(30-20)17-7-6-16(11-27-17)29-21(31)19-12-33-13-28-19/h3-8,10-13,32H,2,9H2,1H3,(H,29,31). The van der Waals surface area contributed by atoms with Gasteiger partial charge in [-0.2, -0.15) is 13.2 Å². The number of thiazole rings is 1. The van der Waals surface area contributed by atoms with Crippen molar-refractivity contribution in [2.45, 2.75) is 31.5 Å². The summed E-state index contributed by atoms with van der Waals surface area (Å²) in [6, 6.07) is 8.02. The molecule has 0 spiro atoms. The zero-order valence-corrected chi connectivity index (χ0v) is 18.2. The third-order valence-electron chi connectivity index (χ3n) is 5.35. The molecule has 6 nitrogen and oxygen atoms in total. The number of nitrogens with one attached hydrogen (secondary N) is 1. The normalized spacial score (nSPS) is 15.5. The first-order valence-electron chi connectivity index (χ1n) is 10.0. The molecular formula is C23H19F3N4O2S. The van der Waals surface area contributed by atoms with Crippen LogP contribution >= 0.6 is 11.3 Å². The summed E-state index contributed by atoms with van der Waals surface area (Å²) in [6.07, 6.45) is -0.832. The molecule has 3 aromatic rings. The van der Waals surface area contributed by atoms with Crippen LogP contribution in [0.1, 0.15) is 47.1 Å². The Labute approximate surface area is 191 Å². The number of amides is 1. The number of anilines is 1. The van der Waals surface area contributed by atoms with Gasteiger partial charge in [-0.15, -0.1) is 11.3 Å². The van der Waals surface area contributed by atoms with Crippen molar-refractivity contribution < 1.29 is 23.1 Å². The molecule has 0 radical (unpaired) electrons. The van der Waals surface area contributed by atoms with Gasteiger partial charge in [0.25, 0.3) is 5.91 Å². The van der Waals surface area contributed by atoms with Crippen LogP contribution in [0.25, 0.3) is 5.70 Å². The summed E-state index contributed by atoms with van der Waals surface area (Å²) < 4.78 is 39.5. The number of hydrogen-bond acceptors (Lipinski definition) is 6. The summed E-state index contributed by atoms with van der Waals surface area (Å²) >= 11 is 1.32. The number of aliphatic imine (C=N–C) groups is 1. The number of alkyl halides is 3. The predicted octanol–water partition coefficient (Wildman–Crippen LogP) is 5.29. The monoisotopic (exact) mass is 472 g/mol. The SMILES string of the molecule is CCC(O)(C1=NC(c2ccc(NC(=O)c3cscn3)cn2)=CC1)c1cccc(C(F)(F)F)c1. The number of nitrogens with zero attached hydrogens (tertiary/aromatic N) is 3. The van der Waals surface area contributed by atoms with Crippen molar-refractivity contribution in [3.05, 3.63) is 82.1 Å². The van der Waals surface area contributed by atoms with Gasteiger partial charge in [0, 0.05) is 11.8 Å². The molecule has 33 heavy (non-hydrogen) atoms. The van der Waals surface area contributed by atoms with E-state index in [2.05, 4.69) is 20.3 Å². The van der Waals surface area contributed by atoms with E-state index in [1.165, 1.54) is 29.7 Å². The minimum absolute atomic E-state index is 0.140. The summed E-state index contributed by atoms with van der Waals surface area (Å²) in [6.45, 7) is 1.69. The van der Waals surface area contributed by atoms with Gasteiger partial charge in [0.05, 0.1) is 40.1 Å². The molecule has 2 N–H and O–H groups in total. The fourth-order valence-electron chi connectivity index (χ4n) is 3.52. The van der Waals surface area contributed by atoms with E-state index in [9.17, 15) is 23.1 Å². The molecule has 0 saturated carbocycles. The Bertz CT molecular complexity index is 1220. The predicted molar refractivity (Wildman–Crippen MR) is 120 cm³/mol. The lowest BCUT2D eigenvalue weighted by atomic mass is 9.84. The van der Waals surface area contributed by atoms with Crippen molar-refractivity contribution in [3.8, 4) is 0 Å². The van der Waals surface area contributed by atoms with Crippen LogP contribution in [0.2, 0.25) is 0 Å². The smallest absolute Gasteiger partial charge is 0.379 e. The second-order valence-corrected chi connectivity index (χ2v) is 8.12. The third-order valence-corrected chi connectivity index (χ3v) is 5.94. The van der Waals surface area contributed by atoms with Gasteiger partial charge in [-0.05, 0) is 36.2 Å². The number of carbonyl (C=O) groups is 1. The van der Waals surface area contributed by atoms with Crippen molar-refractivity contribution in [1.29, 1.82) is 0 Å². The van der Waals surface area contributed by atoms with E-state index < -0.39 is 17.3 Å². The Morgan fingerprint density at radius 3 is 2.61 bits per heavy atom. The molecule has 0 saturated heterocycles. The van der Waals surface area contributed by atoms with Crippen LogP contribution in [0.4, 0.5) is 18.9 Å². The van der Waals surface area contributed by atoms with Gasteiger partial charge in [-0.25, -0.2) is 4.98 Å². The zero-order valence-electron chi connectivity index (χ0n) is 17.4. The van der Waals surface area contributed by atoms with Crippen molar-refractivity contribution in [2.75, 3.05) is 5.32 Å². The maximum atomic E-state index is 13.2. The Morgan fingerprint density at radius 1 is 1.18 bits per heavy atom. The summed E-state index contributed by atoms with van der Waals surface area (Å²) in [5.74, 6) is -0.347. The Morgan fingerprint density at radius 2 is 1.97 bits per heavy atom. The topological polar surface area (TPSA) is 87.5 Å². The lowest BCUT2D eigenvalue weighted by Gasteiger charge is -2.28. The number of hydrogen-bond donors (Lipinski definition) is 2. The average Bonchev–Trinajstić information content (AvgIpc) is 3.51. The fraction of sp³-hybridized carbons (Fsp3) is 0.217. The fourth-order valence-corrected chi connectivity index (χ4v) is 4.05. The van der Waals surface area contributed by atoms with Crippen LogP contribution in [0.15, 0.2) is 64.6 Å². The van der Waals surface area contributed by atoms with Crippen molar-refractivity contribution in [2.24, 2.45) is 4.99 Å². The van der Waals surface area contributed by atoms with E-state index in [1.54, 1.807) is 36.0 Å². The van der Waals surface area contributed by atoms with Crippen LogP contribution in [0, 0.1) is 0 Å². The molecule has 0 aliphatic carbocycles. The molecule has 10 heteroatoms. The van der Waals surface area contributed by atoms with Gasteiger partial charge in [0.2, 0.25) is 0 Å². The lowest BCUT2D eigenvalue weighted by molar-refractivity contribution is -0.137. The minimum atomic E-state index is -4.51. The highest BCUT2D eigenvalue weighted by molar-refractivity contribution is 7.07. The van der Waals surface area contributed by atoms with E-state index in [0.717, 1.165) is 12.1 Å². The average molecular weight is 472 g/mol. The van der Waals surface area contributed by atoms with Crippen LogP contribution in [0.5, 0.6) is 0 Å². The van der Waals surface area contributed by atoms with Crippen LogP contribution in [0.3, 0.4) is 0 Å². The number of pyridine rings is 1. The Hall–Kier alpha value is -3.37. The number of carbonyl (C=O) groups excluding carboxylic acids is 1. The zero-order chi connectivity index (χ0) is 23.6. The second kappa shape index (κ2) is 8.87. The molecule has 3 heterocycles.